The zero-order chi connectivity index (χ0) is 15.9. The van der Waals surface area contributed by atoms with Gasteiger partial charge in [-0.2, -0.15) is 0 Å². The van der Waals surface area contributed by atoms with Crippen molar-refractivity contribution in [2.24, 2.45) is 0 Å². The smallest absolute Gasteiger partial charge is 0.263 e. The van der Waals surface area contributed by atoms with Gasteiger partial charge in [-0.1, -0.05) is 6.07 Å². The number of pyridine rings is 1. The fourth-order valence-corrected chi connectivity index (χ4v) is 2.28. The Balaban J connectivity index is 0.000000491. The highest BCUT2D eigenvalue weighted by Gasteiger charge is 2.13. The Morgan fingerprint density at radius 1 is 1.19 bits per heavy atom. The first-order valence-corrected chi connectivity index (χ1v) is 7.17. The van der Waals surface area contributed by atoms with Crippen LogP contribution in [0.25, 0.3) is 0 Å². The molecular weight excluding hydrogens is 296 g/mol. The zero-order valence-electron chi connectivity index (χ0n) is 11.1. The van der Waals surface area contributed by atoms with E-state index in [1.54, 1.807) is 18.2 Å². The fourth-order valence-electron chi connectivity index (χ4n) is 1.27. The lowest BCUT2D eigenvalue weighted by Crippen LogP contribution is -2.13. The minimum atomic E-state index is -3.60. The normalized spacial score (nSPS) is 10.1. The van der Waals surface area contributed by atoms with Gasteiger partial charge in [0.05, 0.1) is 4.90 Å². The number of rotatable bonds is 3. The molecule has 1 aromatic carbocycles. The molecule has 3 N–H and O–H groups in total. The lowest BCUT2D eigenvalue weighted by molar-refractivity contribution is -0.445. The number of aromatic nitrogens is 1. The minimum absolute atomic E-state index is 0.150. The average molecular weight is 310 g/mol. The van der Waals surface area contributed by atoms with Crippen molar-refractivity contribution >= 4 is 21.5 Å². The highest BCUT2D eigenvalue weighted by molar-refractivity contribution is 7.92. The summed E-state index contributed by atoms with van der Waals surface area (Å²) in [5, 5.41) is 8.81. The molecule has 0 amide bonds. The quantitative estimate of drug-likeness (QED) is 0.500. The van der Waals surface area contributed by atoms with Gasteiger partial charge in [-0.3, -0.25) is 14.8 Å². The van der Waals surface area contributed by atoms with Crippen LogP contribution in [0.5, 0.6) is 0 Å². The second-order valence-electron chi connectivity index (χ2n) is 3.83. The van der Waals surface area contributed by atoms with E-state index < -0.39 is 14.9 Å². The van der Waals surface area contributed by atoms with Crippen molar-refractivity contribution in [3.05, 3.63) is 58.8 Å². The molecule has 1 aromatic heterocycles. The van der Waals surface area contributed by atoms with Crippen LogP contribution in [0.3, 0.4) is 0 Å². The van der Waals surface area contributed by atoms with E-state index in [2.05, 4.69) is 9.71 Å². The number of hydrogen-bond acceptors (Lipinski definition) is 6. The number of hydrogen-bond donors (Lipinski definition) is 2. The van der Waals surface area contributed by atoms with Crippen molar-refractivity contribution in [1.29, 1.82) is 0 Å². The van der Waals surface area contributed by atoms with Crippen molar-refractivity contribution in [3.8, 4) is 0 Å². The molecule has 0 aliphatic carbocycles. The fraction of sp³-hybridized carbons (Fsp3) is 0.0833. The molecule has 112 valence electrons. The molecule has 0 radical (unpaired) electrons. The maximum atomic E-state index is 11.9. The van der Waals surface area contributed by atoms with E-state index in [0.29, 0.717) is 5.69 Å². The summed E-state index contributed by atoms with van der Waals surface area (Å²) in [6.07, 6.45) is 1.51. The topological polar surface area (TPSA) is 128 Å². The van der Waals surface area contributed by atoms with Crippen LogP contribution < -0.4 is 10.5 Å². The molecule has 21 heavy (non-hydrogen) atoms. The molecule has 1 heterocycles. The summed E-state index contributed by atoms with van der Waals surface area (Å²) in [5.74, 6) is 0.282. The Morgan fingerprint density at radius 2 is 1.76 bits per heavy atom. The number of nitrogens with one attached hydrogen (secondary N) is 1. The summed E-state index contributed by atoms with van der Waals surface area (Å²) < 4.78 is 26.2. The van der Waals surface area contributed by atoms with Gasteiger partial charge >= 0.3 is 0 Å². The van der Waals surface area contributed by atoms with E-state index >= 15 is 0 Å². The largest absolute Gasteiger partial charge is 0.399 e. The van der Waals surface area contributed by atoms with Gasteiger partial charge in [0.25, 0.3) is 10.0 Å². The van der Waals surface area contributed by atoms with Crippen LogP contribution in [0.2, 0.25) is 0 Å². The Morgan fingerprint density at radius 3 is 2.24 bits per heavy atom. The summed E-state index contributed by atoms with van der Waals surface area (Å²) >= 11 is 0. The van der Waals surface area contributed by atoms with Gasteiger partial charge in [0.1, 0.15) is 5.82 Å². The average Bonchev–Trinajstić information content (AvgIpc) is 2.39. The van der Waals surface area contributed by atoms with Gasteiger partial charge in [-0.25, -0.2) is 13.4 Å². The highest BCUT2D eigenvalue weighted by Crippen LogP contribution is 2.15. The van der Waals surface area contributed by atoms with E-state index in [4.69, 9.17) is 15.8 Å². The summed E-state index contributed by atoms with van der Waals surface area (Å²) in [6, 6.07) is 10.9. The molecule has 0 atom stereocenters. The van der Waals surface area contributed by atoms with Crippen LogP contribution in [0.1, 0.15) is 0 Å². The first-order chi connectivity index (χ1) is 9.81. The van der Waals surface area contributed by atoms with Gasteiger partial charge in [-0.15, -0.1) is 0 Å². The van der Waals surface area contributed by atoms with Crippen molar-refractivity contribution in [2.45, 2.75) is 4.90 Å². The molecule has 8 nitrogen and oxygen atoms in total. The van der Waals surface area contributed by atoms with Crippen molar-refractivity contribution in [3.63, 3.8) is 0 Å². The molecule has 0 saturated heterocycles. The van der Waals surface area contributed by atoms with Crippen LogP contribution in [0.15, 0.2) is 53.6 Å². The van der Waals surface area contributed by atoms with Crippen LogP contribution in [0, 0.1) is 10.1 Å². The van der Waals surface area contributed by atoms with Crippen LogP contribution in [0.4, 0.5) is 11.5 Å². The summed E-state index contributed by atoms with van der Waals surface area (Å²) in [6.45, 7) is 0. The molecule has 0 aliphatic rings. The third-order valence-electron chi connectivity index (χ3n) is 2.09. The summed E-state index contributed by atoms with van der Waals surface area (Å²) in [5.41, 5.74) is 6.01. The SMILES string of the molecule is C[N+](=O)[O-].Nc1ccc(S(=O)(=O)Nc2ccccn2)cc1. The predicted molar refractivity (Wildman–Crippen MR) is 78.8 cm³/mol. The van der Waals surface area contributed by atoms with Crippen LogP contribution >= 0.6 is 0 Å². The lowest BCUT2D eigenvalue weighted by atomic mass is 10.3. The Labute approximate surface area is 121 Å². The number of sulfonamides is 1. The molecule has 0 bridgehead atoms. The standard InChI is InChI=1S/C11H11N3O2S.CH3NO2/c12-9-4-6-10(7-5-9)17(15,16)14-11-3-1-2-8-13-11;1-2(3)4/h1-8H,12H2,(H,13,14);1H3. The van der Waals surface area contributed by atoms with E-state index in [-0.39, 0.29) is 10.7 Å². The molecule has 0 unspecified atom stereocenters. The summed E-state index contributed by atoms with van der Waals surface area (Å²) in [7, 11) is -2.71. The second-order valence-corrected chi connectivity index (χ2v) is 5.51. The molecule has 0 spiro atoms. The number of nitrogens with zero attached hydrogens (tertiary/aromatic N) is 2. The highest BCUT2D eigenvalue weighted by atomic mass is 32.2. The predicted octanol–water partition coefficient (Wildman–Crippen LogP) is 1.36. The van der Waals surface area contributed by atoms with Gasteiger partial charge in [-0.05, 0) is 36.4 Å². The summed E-state index contributed by atoms with van der Waals surface area (Å²) in [4.78, 5) is 12.3. The number of nitrogen functional groups attached to an aromatic ring is 1. The molecule has 0 fully saturated rings. The Kier molecular flexibility index (Phi) is 5.61. The van der Waals surface area contributed by atoms with Crippen LogP contribution in [-0.2, 0) is 10.0 Å². The van der Waals surface area contributed by atoms with Gasteiger partial charge < -0.3 is 5.73 Å². The first kappa shape index (κ1) is 16.4. The van der Waals surface area contributed by atoms with Crippen LogP contribution in [-0.4, -0.2) is 25.4 Å². The zero-order valence-corrected chi connectivity index (χ0v) is 11.9. The monoisotopic (exact) mass is 310 g/mol. The number of anilines is 2. The van der Waals surface area contributed by atoms with Crippen molar-refractivity contribution in [1.82, 2.24) is 4.98 Å². The molecule has 2 aromatic rings. The molecule has 0 saturated carbocycles. The number of nitrogens with two attached hydrogens (primary N) is 1. The van der Waals surface area contributed by atoms with E-state index in [9.17, 15) is 8.42 Å². The number of nitro groups is 1. The van der Waals surface area contributed by atoms with E-state index in [1.807, 2.05) is 0 Å². The third kappa shape index (κ3) is 5.87. The van der Waals surface area contributed by atoms with E-state index in [1.165, 1.54) is 30.5 Å². The maximum absolute atomic E-state index is 11.9. The number of benzene rings is 1. The van der Waals surface area contributed by atoms with E-state index in [0.717, 1.165) is 7.05 Å². The van der Waals surface area contributed by atoms with Crippen molar-refractivity contribution in [2.75, 3.05) is 17.5 Å². The van der Waals surface area contributed by atoms with Gasteiger partial charge in [0, 0.05) is 16.8 Å². The minimum Gasteiger partial charge on any atom is -0.399 e. The van der Waals surface area contributed by atoms with Gasteiger partial charge in [0.2, 0.25) is 0 Å². The third-order valence-corrected chi connectivity index (χ3v) is 3.46. The Bertz CT molecular complexity index is 683. The lowest BCUT2D eigenvalue weighted by Gasteiger charge is -2.06. The first-order valence-electron chi connectivity index (χ1n) is 5.68. The molecule has 9 heteroatoms. The molecule has 0 aliphatic heterocycles. The molecular formula is C12H14N4O4S. The maximum Gasteiger partial charge on any atom is 0.263 e. The Hall–Kier alpha value is -2.68. The van der Waals surface area contributed by atoms with Gasteiger partial charge in [0.15, 0.2) is 7.05 Å². The van der Waals surface area contributed by atoms with Crippen molar-refractivity contribution < 1.29 is 13.3 Å². The molecule has 2 rings (SSSR count). The second kappa shape index (κ2) is 7.20.